The molecule has 0 spiro atoms. The molecule has 2 N–H and O–H groups in total. The number of aromatic nitrogens is 2. The maximum Gasteiger partial charge on any atom is 0.144 e. The van der Waals surface area contributed by atoms with Crippen LogP contribution in [0.25, 0.3) is 0 Å². The van der Waals surface area contributed by atoms with Crippen LogP contribution in [0.4, 0.5) is 5.82 Å². The summed E-state index contributed by atoms with van der Waals surface area (Å²) in [7, 11) is 1.89. The van der Waals surface area contributed by atoms with Crippen LogP contribution < -0.4 is 10.6 Å². The van der Waals surface area contributed by atoms with Crippen LogP contribution >= 0.6 is 0 Å². The van der Waals surface area contributed by atoms with E-state index in [1.165, 1.54) is 0 Å². The second-order valence-corrected chi connectivity index (χ2v) is 4.36. The third-order valence-corrected chi connectivity index (χ3v) is 3.22. The van der Waals surface area contributed by atoms with Crippen molar-refractivity contribution in [2.45, 2.75) is 13.3 Å². The standard InChI is InChI=1S/C11H17N5/c1-8-10(6-13)11(15(2)14-8)16-4-3-9(5-12)7-16/h9H,3-5,7,12H2,1-2H3. The molecule has 0 saturated carbocycles. The van der Waals surface area contributed by atoms with Gasteiger partial charge in [-0.2, -0.15) is 10.4 Å². The predicted molar refractivity (Wildman–Crippen MR) is 62.0 cm³/mol. The van der Waals surface area contributed by atoms with E-state index >= 15 is 0 Å². The third kappa shape index (κ3) is 1.65. The van der Waals surface area contributed by atoms with Gasteiger partial charge in [-0.3, -0.25) is 4.68 Å². The highest BCUT2D eigenvalue weighted by Gasteiger charge is 2.26. The molecule has 16 heavy (non-hydrogen) atoms. The van der Waals surface area contributed by atoms with Crippen molar-refractivity contribution in [3.05, 3.63) is 11.3 Å². The van der Waals surface area contributed by atoms with Crippen molar-refractivity contribution >= 4 is 5.82 Å². The van der Waals surface area contributed by atoms with Gasteiger partial charge >= 0.3 is 0 Å². The smallest absolute Gasteiger partial charge is 0.144 e. The maximum absolute atomic E-state index is 9.14. The van der Waals surface area contributed by atoms with Crippen LogP contribution in [-0.2, 0) is 7.05 Å². The first-order valence-electron chi connectivity index (χ1n) is 5.56. The van der Waals surface area contributed by atoms with E-state index in [1.807, 2.05) is 14.0 Å². The number of nitriles is 1. The van der Waals surface area contributed by atoms with Gasteiger partial charge in [-0.15, -0.1) is 0 Å². The first-order chi connectivity index (χ1) is 7.67. The Morgan fingerprint density at radius 1 is 1.62 bits per heavy atom. The van der Waals surface area contributed by atoms with Crippen molar-refractivity contribution in [2.75, 3.05) is 24.5 Å². The first-order valence-corrected chi connectivity index (χ1v) is 5.56. The summed E-state index contributed by atoms with van der Waals surface area (Å²) in [6.07, 6.45) is 1.10. The molecule has 1 aromatic rings. The molecule has 0 bridgehead atoms. The minimum atomic E-state index is 0.543. The Morgan fingerprint density at radius 3 is 2.94 bits per heavy atom. The molecule has 1 atom stereocenters. The van der Waals surface area contributed by atoms with Crippen molar-refractivity contribution in [3.63, 3.8) is 0 Å². The fourth-order valence-corrected chi connectivity index (χ4v) is 2.36. The molecule has 1 fully saturated rings. The molecule has 0 aromatic carbocycles. The molecule has 2 rings (SSSR count). The molecule has 1 saturated heterocycles. The molecule has 1 aliphatic heterocycles. The van der Waals surface area contributed by atoms with Crippen LogP contribution in [0.2, 0.25) is 0 Å². The lowest BCUT2D eigenvalue weighted by Crippen LogP contribution is -2.25. The lowest BCUT2D eigenvalue weighted by Gasteiger charge is -2.18. The number of nitrogens with zero attached hydrogens (tertiary/aromatic N) is 4. The van der Waals surface area contributed by atoms with Crippen molar-refractivity contribution < 1.29 is 0 Å². The summed E-state index contributed by atoms with van der Waals surface area (Å²) in [5.74, 6) is 1.48. The molecule has 0 aliphatic carbocycles. The topological polar surface area (TPSA) is 70.9 Å². The van der Waals surface area contributed by atoms with Gasteiger partial charge in [-0.25, -0.2) is 0 Å². The Labute approximate surface area is 95.4 Å². The Hall–Kier alpha value is -1.54. The summed E-state index contributed by atoms with van der Waals surface area (Å²) in [5, 5.41) is 13.4. The van der Waals surface area contributed by atoms with E-state index in [-0.39, 0.29) is 0 Å². The zero-order valence-corrected chi connectivity index (χ0v) is 9.77. The molecule has 5 nitrogen and oxygen atoms in total. The van der Waals surface area contributed by atoms with Crippen LogP contribution in [0.3, 0.4) is 0 Å². The van der Waals surface area contributed by atoms with E-state index in [0.29, 0.717) is 11.5 Å². The quantitative estimate of drug-likeness (QED) is 0.781. The largest absolute Gasteiger partial charge is 0.355 e. The predicted octanol–water partition coefficient (Wildman–Crippen LogP) is 0.385. The Morgan fingerprint density at radius 2 is 2.38 bits per heavy atom. The van der Waals surface area contributed by atoms with E-state index in [1.54, 1.807) is 4.68 Å². The zero-order chi connectivity index (χ0) is 11.7. The van der Waals surface area contributed by atoms with Crippen LogP contribution in [0.15, 0.2) is 0 Å². The number of aryl methyl sites for hydroxylation is 2. The number of rotatable bonds is 2. The normalized spacial score (nSPS) is 20.1. The van der Waals surface area contributed by atoms with Crippen molar-refractivity contribution in [1.82, 2.24) is 9.78 Å². The summed E-state index contributed by atoms with van der Waals surface area (Å²) >= 11 is 0. The monoisotopic (exact) mass is 219 g/mol. The molecule has 86 valence electrons. The van der Waals surface area contributed by atoms with E-state index in [2.05, 4.69) is 16.1 Å². The lowest BCUT2D eigenvalue weighted by molar-refractivity contribution is 0.600. The van der Waals surface area contributed by atoms with Crippen molar-refractivity contribution in [2.24, 2.45) is 18.7 Å². The van der Waals surface area contributed by atoms with Gasteiger partial charge in [0, 0.05) is 20.1 Å². The van der Waals surface area contributed by atoms with Gasteiger partial charge in [-0.1, -0.05) is 0 Å². The highest BCUT2D eigenvalue weighted by molar-refractivity contribution is 5.57. The zero-order valence-electron chi connectivity index (χ0n) is 9.77. The molecule has 1 aliphatic rings. The minimum absolute atomic E-state index is 0.543. The van der Waals surface area contributed by atoms with Gasteiger partial charge in [-0.05, 0) is 25.8 Å². The first kappa shape index (κ1) is 11.0. The number of nitrogens with two attached hydrogens (primary N) is 1. The van der Waals surface area contributed by atoms with Gasteiger partial charge in [0.05, 0.1) is 5.69 Å². The molecule has 5 heteroatoms. The van der Waals surface area contributed by atoms with E-state index < -0.39 is 0 Å². The molecule has 0 radical (unpaired) electrons. The molecular formula is C11H17N5. The van der Waals surface area contributed by atoms with Gasteiger partial charge in [0.25, 0.3) is 0 Å². The van der Waals surface area contributed by atoms with E-state index in [0.717, 1.165) is 37.6 Å². The Kier molecular flexibility index (Phi) is 2.84. The van der Waals surface area contributed by atoms with E-state index in [4.69, 9.17) is 11.0 Å². The molecule has 1 unspecified atom stereocenters. The fraction of sp³-hybridized carbons (Fsp3) is 0.636. The minimum Gasteiger partial charge on any atom is -0.355 e. The van der Waals surface area contributed by atoms with Crippen molar-refractivity contribution in [1.29, 1.82) is 5.26 Å². The average molecular weight is 219 g/mol. The van der Waals surface area contributed by atoms with Gasteiger partial charge in [0.2, 0.25) is 0 Å². The Bertz CT molecular complexity index is 428. The number of hydrogen-bond donors (Lipinski definition) is 1. The van der Waals surface area contributed by atoms with Crippen LogP contribution in [0.1, 0.15) is 17.7 Å². The SMILES string of the molecule is Cc1nn(C)c(N2CCC(CN)C2)c1C#N. The summed E-state index contributed by atoms with van der Waals surface area (Å²) < 4.78 is 1.80. The second kappa shape index (κ2) is 4.14. The highest BCUT2D eigenvalue weighted by Crippen LogP contribution is 2.27. The van der Waals surface area contributed by atoms with Gasteiger partial charge in [0.15, 0.2) is 0 Å². The second-order valence-electron chi connectivity index (χ2n) is 4.36. The molecule has 2 heterocycles. The van der Waals surface area contributed by atoms with Crippen LogP contribution in [0.5, 0.6) is 0 Å². The van der Waals surface area contributed by atoms with Gasteiger partial charge in [0.1, 0.15) is 17.5 Å². The summed E-state index contributed by atoms with van der Waals surface area (Å²) in [6, 6.07) is 2.24. The summed E-state index contributed by atoms with van der Waals surface area (Å²) in [6.45, 7) is 4.49. The Balaban J connectivity index is 2.31. The summed E-state index contributed by atoms with van der Waals surface area (Å²) in [4.78, 5) is 2.22. The average Bonchev–Trinajstić information content (AvgIpc) is 2.82. The van der Waals surface area contributed by atoms with Crippen LogP contribution in [0, 0.1) is 24.2 Å². The van der Waals surface area contributed by atoms with E-state index in [9.17, 15) is 0 Å². The number of anilines is 1. The van der Waals surface area contributed by atoms with Crippen molar-refractivity contribution in [3.8, 4) is 6.07 Å². The maximum atomic E-state index is 9.14. The number of hydrogen-bond acceptors (Lipinski definition) is 4. The fourth-order valence-electron chi connectivity index (χ4n) is 2.36. The summed E-state index contributed by atoms with van der Waals surface area (Å²) in [5.41, 5.74) is 7.17. The van der Waals surface area contributed by atoms with Crippen LogP contribution in [-0.4, -0.2) is 29.4 Å². The molecule has 1 aromatic heterocycles. The van der Waals surface area contributed by atoms with Gasteiger partial charge < -0.3 is 10.6 Å². The lowest BCUT2D eigenvalue weighted by atomic mass is 10.1. The third-order valence-electron chi connectivity index (χ3n) is 3.22. The molecule has 0 amide bonds. The highest BCUT2D eigenvalue weighted by atomic mass is 15.4. The molecular weight excluding hydrogens is 202 g/mol.